The summed E-state index contributed by atoms with van der Waals surface area (Å²) < 4.78 is 11.9. The monoisotopic (exact) mass is 446 g/mol. The Balaban J connectivity index is 1.37. The highest BCUT2D eigenvalue weighted by Crippen LogP contribution is 2.31. The van der Waals surface area contributed by atoms with Crippen molar-refractivity contribution in [1.82, 2.24) is 40.6 Å². The third-order valence-electron chi connectivity index (χ3n) is 5.42. The number of amides is 3. The zero-order chi connectivity index (χ0) is 23.0. The van der Waals surface area contributed by atoms with Gasteiger partial charge in [0.25, 0.3) is 5.91 Å². The summed E-state index contributed by atoms with van der Waals surface area (Å²) in [5.74, 6) is 0.739. The molecule has 0 radical (unpaired) electrons. The molecule has 12 nitrogen and oxygen atoms in total. The Kier molecular flexibility index (Phi) is 4.81. The summed E-state index contributed by atoms with van der Waals surface area (Å²) in [6, 6.07) is 13.6. The molecule has 3 amide bonds. The minimum absolute atomic E-state index is 0.135. The molecule has 1 atom stereocenters. The van der Waals surface area contributed by atoms with E-state index in [1.807, 2.05) is 0 Å². The first-order valence-corrected chi connectivity index (χ1v) is 9.93. The number of carbonyl (C=O) groups excluding carboxylic acids is 2. The summed E-state index contributed by atoms with van der Waals surface area (Å²) in [4.78, 5) is 31.3. The van der Waals surface area contributed by atoms with Gasteiger partial charge in [-0.3, -0.25) is 9.69 Å². The normalized spacial score (nSPS) is 17.9. The molecule has 12 heteroatoms. The Labute approximate surface area is 187 Å². The summed E-state index contributed by atoms with van der Waals surface area (Å²) in [7, 11) is 1.58. The molecule has 1 N–H and O–H groups in total. The van der Waals surface area contributed by atoms with Crippen LogP contribution in [0.5, 0.6) is 5.75 Å². The van der Waals surface area contributed by atoms with Crippen LogP contribution in [0.15, 0.2) is 59.4 Å². The molecule has 3 heterocycles. The van der Waals surface area contributed by atoms with Gasteiger partial charge in [-0.1, -0.05) is 17.3 Å². The molecule has 0 aliphatic carbocycles. The van der Waals surface area contributed by atoms with Crippen molar-refractivity contribution in [2.75, 3.05) is 7.11 Å². The number of hydrogen-bond donors (Lipinski definition) is 1. The van der Waals surface area contributed by atoms with Crippen LogP contribution < -0.4 is 10.1 Å². The molecule has 1 aliphatic rings. The van der Waals surface area contributed by atoms with Gasteiger partial charge in [0.05, 0.1) is 12.8 Å². The third-order valence-corrected chi connectivity index (χ3v) is 5.42. The Hall–Kier alpha value is -4.61. The minimum Gasteiger partial charge on any atom is -0.497 e. The smallest absolute Gasteiger partial charge is 0.325 e. The molecule has 0 bridgehead atoms. The summed E-state index contributed by atoms with van der Waals surface area (Å²) in [5.41, 5.74) is 0.674. The Morgan fingerprint density at radius 1 is 1.15 bits per heavy atom. The number of hydrogen-bond acceptors (Lipinski definition) is 9. The van der Waals surface area contributed by atoms with Gasteiger partial charge in [-0.25, -0.2) is 9.48 Å². The van der Waals surface area contributed by atoms with E-state index in [-0.39, 0.29) is 12.4 Å². The molecule has 166 valence electrons. The third kappa shape index (κ3) is 3.56. The fourth-order valence-corrected chi connectivity index (χ4v) is 3.59. The highest BCUT2D eigenvalue weighted by atomic mass is 16.5. The van der Waals surface area contributed by atoms with Crippen molar-refractivity contribution in [3.63, 3.8) is 0 Å². The highest BCUT2D eigenvalue weighted by Gasteiger charge is 2.49. The number of methoxy groups -OCH3 is 1. The lowest BCUT2D eigenvalue weighted by Crippen LogP contribution is -2.40. The van der Waals surface area contributed by atoms with E-state index in [0.29, 0.717) is 28.4 Å². The molecule has 5 rings (SSSR count). The number of ether oxygens (including phenoxy) is 1. The van der Waals surface area contributed by atoms with Gasteiger partial charge in [0.1, 0.15) is 24.2 Å². The van der Waals surface area contributed by atoms with E-state index < -0.39 is 17.5 Å². The maximum Gasteiger partial charge on any atom is 0.325 e. The molecular weight excluding hydrogens is 428 g/mol. The van der Waals surface area contributed by atoms with E-state index >= 15 is 0 Å². The Bertz CT molecular complexity index is 1320. The Morgan fingerprint density at radius 3 is 2.70 bits per heavy atom. The largest absolute Gasteiger partial charge is 0.497 e. The van der Waals surface area contributed by atoms with Crippen molar-refractivity contribution < 1.29 is 18.8 Å². The molecule has 2 aromatic carbocycles. The van der Waals surface area contributed by atoms with Crippen LogP contribution in [-0.4, -0.2) is 54.3 Å². The van der Waals surface area contributed by atoms with Crippen molar-refractivity contribution >= 4 is 11.9 Å². The van der Waals surface area contributed by atoms with Gasteiger partial charge >= 0.3 is 6.03 Å². The lowest BCUT2D eigenvalue weighted by molar-refractivity contribution is -0.131. The maximum atomic E-state index is 13.3. The minimum atomic E-state index is -1.28. The number of carbonyl (C=O) groups is 2. The van der Waals surface area contributed by atoms with Crippen LogP contribution in [0, 0.1) is 0 Å². The maximum absolute atomic E-state index is 13.3. The van der Waals surface area contributed by atoms with Gasteiger partial charge in [0, 0.05) is 5.56 Å². The summed E-state index contributed by atoms with van der Waals surface area (Å²) in [6.45, 7) is 1.48. The first-order valence-electron chi connectivity index (χ1n) is 9.93. The molecule has 0 unspecified atom stereocenters. The van der Waals surface area contributed by atoms with Gasteiger partial charge in [0.2, 0.25) is 11.7 Å². The first-order chi connectivity index (χ1) is 16.0. The van der Waals surface area contributed by atoms with Gasteiger partial charge < -0.3 is 14.6 Å². The number of benzene rings is 2. The van der Waals surface area contributed by atoms with E-state index in [2.05, 4.69) is 31.0 Å². The van der Waals surface area contributed by atoms with E-state index in [1.165, 1.54) is 11.0 Å². The summed E-state index contributed by atoms with van der Waals surface area (Å²) >= 11 is 0. The van der Waals surface area contributed by atoms with Crippen molar-refractivity contribution in [2.24, 2.45) is 0 Å². The highest BCUT2D eigenvalue weighted by molar-refractivity contribution is 6.07. The van der Waals surface area contributed by atoms with Crippen LogP contribution in [0.3, 0.4) is 0 Å². The lowest BCUT2D eigenvalue weighted by Gasteiger charge is -2.22. The second-order valence-electron chi connectivity index (χ2n) is 7.49. The van der Waals surface area contributed by atoms with Crippen LogP contribution in [0.2, 0.25) is 0 Å². The molecule has 1 aliphatic heterocycles. The fraction of sp³-hybridized carbons (Fsp3) is 0.190. The molecule has 1 fully saturated rings. The standard InChI is InChI=1S/C21H18N8O4/c1-21(14-4-3-5-15(10-14)29-12-22-26-27-29)19(30)28(20(31)24-21)11-17-23-18(25-33-17)13-6-8-16(32-2)9-7-13/h3-10,12H,11H2,1-2H3,(H,24,31)/t21-/m1/s1. The number of nitrogens with zero attached hydrogens (tertiary/aromatic N) is 7. The SMILES string of the molecule is COc1ccc(-c2noc(CN3C(=O)N[C@](C)(c4cccc(-n5cnnn5)c4)C3=O)n2)cc1. The van der Waals surface area contributed by atoms with E-state index in [0.717, 1.165) is 4.90 Å². The fourth-order valence-electron chi connectivity index (χ4n) is 3.59. The summed E-state index contributed by atoms with van der Waals surface area (Å²) in [6.07, 6.45) is 1.44. The van der Waals surface area contributed by atoms with Crippen LogP contribution in [0.1, 0.15) is 18.4 Å². The van der Waals surface area contributed by atoms with Crippen LogP contribution in [0.25, 0.3) is 17.1 Å². The van der Waals surface area contributed by atoms with Gasteiger partial charge in [-0.2, -0.15) is 4.98 Å². The molecule has 1 saturated heterocycles. The number of aromatic nitrogens is 6. The van der Waals surface area contributed by atoms with Crippen molar-refractivity contribution in [1.29, 1.82) is 0 Å². The number of tetrazole rings is 1. The number of imide groups is 1. The molecular formula is C21H18N8O4. The average molecular weight is 446 g/mol. The van der Waals surface area contributed by atoms with Crippen molar-refractivity contribution in [2.45, 2.75) is 19.0 Å². The molecule has 0 saturated carbocycles. The quantitative estimate of drug-likeness (QED) is 0.438. The van der Waals surface area contributed by atoms with Crippen LogP contribution in [-0.2, 0) is 16.9 Å². The topological polar surface area (TPSA) is 141 Å². The first kappa shape index (κ1) is 20.3. The molecule has 2 aromatic heterocycles. The predicted molar refractivity (Wildman–Crippen MR) is 112 cm³/mol. The van der Waals surface area contributed by atoms with Gasteiger partial charge in [-0.15, -0.1) is 5.10 Å². The van der Waals surface area contributed by atoms with E-state index in [4.69, 9.17) is 9.26 Å². The van der Waals surface area contributed by atoms with Crippen LogP contribution in [0.4, 0.5) is 4.79 Å². The van der Waals surface area contributed by atoms with Crippen LogP contribution >= 0.6 is 0 Å². The van der Waals surface area contributed by atoms with Crippen molar-refractivity contribution in [3.05, 3.63) is 66.3 Å². The number of urea groups is 1. The summed E-state index contributed by atoms with van der Waals surface area (Å²) in [5, 5.41) is 17.8. The zero-order valence-corrected chi connectivity index (χ0v) is 17.7. The predicted octanol–water partition coefficient (Wildman–Crippen LogP) is 1.69. The average Bonchev–Trinajstić information content (AvgIpc) is 3.58. The lowest BCUT2D eigenvalue weighted by atomic mass is 9.91. The van der Waals surface area contributed by atoms with Crippen molar-refractivity contribution in [3.8, 4) is 22.8 Å². The van der Waals surface area contributed by atoms with E-state index in [1.54, 1.807) is 62.6 Å². The molecule has 33 heavy (non-hydrogen) atoms. The Morgan fingerprint density at radius 2 is 1.97 bits per heavy atom. The van der Waals surface area contributed by atoms with Gasteiger partial charge in [-0.05, 0) is 59.3 Å². The number of nitrogens with one attached hydrogen (secondary N) is 1. The second kappa shape index (κ2) is 7.82. The molecule has 4 aromatic rings. The zero-order valence-electron chi connectivity index (χ0n) is 17.7. The van der Waals surface area contributed by atoms with Gasteiger partial charge in [0.15, 0.2) is 0 Å². The van der Waals surface area contributed by atoms with E-state index in [9.17, 15) is 9.59 Å². The molecule has 0 spiro atoms. The number of rotatable bonds is 6. The second-order valence-corrected chi connectivity index (χ2v) is 7.49.